The van der Waals surface area contributed by atoms with E-state index in [1.165, 1.54) is 0 Å². The zero-order chi connectivity index (χ0) is 17.5. The molecule has 0 atom stereocenters. The van der Waals surface area contributed by atoms with Crippen molar-refractivity contribution in [2.75, 3.05) is 32.8 Å². The average Bonchev–Trinajstić information content (AvgIpc) is 2.62. The highest BCUT2D eigenvalue weighted by Crippen LogP contribution is 2.27. The predicted octanol–water partition coefficient (Wildman–Crippen LogP) is 4.51. The van der Waals surface area contributed by atoms with Crippen LogP contribution in [0.25, 0.3) is 0 Å². The highest BCUT2D eigenvalue weighted by Gasteiger charge is 2.08. The lowest BCUT2D eigenvalue weighted by Gasteiger charge is -2.25. The van der Waals surface area contributed by atoms with Crippen LogP contribution in [0.4, 0.5) is 0 Å². The van der Waals surface area contributed by atoms with Gasteiger partial charge in [-0.2, -0.15) is 0 Å². The van der Waals surface area contributed by atoms with Gasteiger partial charge < -0.3 is 9.47 Å². The number of rotatable bonds is 4. The maximum absolute atomic E-state index is 5.99. The van der Waals surface area contributed by atoms with Crippen LogP contribution in [0.15, 0.2) is 42.5 Å². The van der Waals surface area contributed by atoms with Gasteiger partial charge in [-0.1, -0.05) is 29.5 Å². The Labute approximate surface area is 154 Å². The van der Waals surface area contributed by atoms with E-state index in [1.54, 1.807) is 6.07 Å². The number of benzene rings is 2. The second kappa shape index (κ2) is 8.92. The first-order valence-corrected chi connectivity index (χ1v) is 8.91. The van der Waals surface area contributed by atoms with E-state index in [4.69, 9.17) is 21.1 Å². The van der Waals surface area contributed by atoms with E-state index in [0.29, 0.717) is 5.02 Å². The predicted molar refractivity (Wildman–Crippen MR) is 101 cm³/mol. The Kier molecular flexibility index (Phi) is 6.36. The van der Waals surface area contributed by atoms with Gasteiger partial charge in [-0.05, 0) is 48.9 Å². The molecular weight excluding hydrogens is 334 g/mol. The minimum absolute atomic E-state index is 0.665. The van der Waals surface area contributed by atoms with Crippen LogP contribution in [0.5, 0.6) is 11.5 Å². The molecule has 25 heavy (non-hydrogen) atoms. The molecule has 2 aromatic carbocycles. The fourth-order valence-electron chi connectivity index (χ4n) is 2.70. The summed E-state index contributed by atoms with van der Waals surface area (Å²) in [6, 6.07) is 13.4. The summed E-state index contributed by atoms with van der Waals surface area (Å²) in [6.07, 6.45) is 0.875. The monoisotopic (exact) mass is 355 g/mol. The van der Waals surface area contributed by atoms with Crippen LogP contribution in [0, 0.1) is 18.8 Å². The lowest BCUT2D eigenvalue weighted by atomic mass is 10.1. The Morgan fingerprint density at radius 1 is 1.16 bits per heavy atom. The fraction of sp³-hybridized carbons (Fsp3) is 0.333. The van der Waals surface area contributed by atoms with Crippen molar-refractivity contribution in [1.29, 1.82) is 0 Å². The molecule has 2 aromatic rings. The summed E-state index contributed by atoms with van der Waals surface area (Å²) in [7, 11) is 0. The minimum atomic E-state index is 0.665. The quantitative estimate of drug-likeness (QED) is 0.753. The molecular formula is C21H22ClNO2. The molecule has 0 aromatic heterocycles. The molecule has 0 amide bonds. The van der Waals surface area contributed by atoms with Crippen LogP contribution < -0.4 is 4.74 Å². The maximum Gasteiger partial charge on any atom is 0.130 e. The molecule has 1 saturated heterocycles. The lowest BCUT2D eigenvalue weighted by Crippen LogP contribution is -2.36. The molecule has 130 valence electrons. The molecule has 0 saturated carbocycles. The van der Waals surface area contributed by atoms with Crippen LogP contribution in [0.3, 0.4) is 0 Å². The Balaban J connectivity index is 1.57. The number of hydrogen-bond acceptors (Lipinski definition) is 3. The van der Waals surface area contributed by atoms with E-state index in [-0.39, 0.29) is 0 Å². The molecule has 0 aliphatic carbocycles. The summed E-state index contributed by atoms with van der Waals surface area (Å²) in [5.41, 5.74) is 2.07. The van der Waals surface area contributed by atoms with Gasteiger partial charge in [-0.3, -0.25) is 4.90 Å². The fourth-order valence-corrected chi connectivity index (χ4v) is 2.88. The summed E-state index contributed by atoms with van der Waals surface area (Å²) >= 11 is 5.99. The summed E-state index contributed by atoms with van der Waals surface area (Å²) in [4.78, 5) is 2.39. The summed E-state index contributed by atoms with van der Waals surface area (Å²) in [5, 5.41) is 0.665. The largest absolute Gasteiger partial charge is 0.457 e. The zero-order valence-electron chi connectivity index (χ0n) is 14.4. The first kappa shape index (κ1) is 17.8. The van der Waals surface area contributed by atoms with Gasteiger partial charge in [0.25, 0.3) is 0 Å². The third-order valence-corrected chi connectivity index (χ3v) is 4.32. The molecule has 1 fully saturated rings. The molecule has 4 heteroatoms. The highest BCUT2D eigenvalue weighted by atomic mass is 35.5. The van der Waals surface area contributed by atoms with E-state index in [0.717, 1.165) is 61.9 Å². The Hall–Kier alpha value is -1.99. The lowest BCUT2D eigenvalue weighted by molar-refractivity contribution is 0.0390. The Morgan fingerprint density at radius 2 is 2.00 bits per heavy atom. The summed E-state index contributed by atoms with van der Waals surface area (Å²) in [5.74, 6) is 8.06. The standard InChI is InChI=1S/C21H22ClNO2/c1-17-15-18(5-2-3-10-23-11-13-24-14-12-23)8-9-21(17)25-20-7-4-6-19(22)16-20/h4,6-9,15-16H,3,10-14H2,1H3. The molecule has 0 N–H and O–H groups in total. The summed E-state index contributed by atoms with van der Waals surface area (Å²) < 4.78 is 11.3. The summed E-state index contributed by atoms with van der Waals surface area (Å²) in [6.45, 7) is 6.72. The van der Waals surface area contributed by atoms with Gasteiger partial charge in [-0.15, -0.1) is 0 Å². The molecule has 0 unspecified atom stereocenters. The minimum Gasteiger partial charge on any atom is -0.457 e. The van der Waals surface area contributed by atoms with Crippen molar-refractivity contribution in [3.63, 3.8) is 0 Å². The highest BCUT2D eigenvalue weighted by molar-refractivity contribution is 6.30. The van der Waals surface area contributed by atoms with E-state index in [2.05, 4.69) is 22.8 Å². The molecule has 1 heterocycles. The smallest absolute Gasteiger partial charge is 0.130 e. The first-order chi connectivity index (χ1) is 12.2. The third-order valence-electron chi connectivity index (χ3n) is 4.09. The second-order valence-electron chi connectivity index (χ2n) is 6.05. The molecule has 3 rings (SSSR count). The molecule has 3 nitrogen and oxygen atoms in total. The van der Waals surface area contributed by atoms with Gasteiger partial charge in [0, 0.05) is 36.6 Å². The van der Waals surface area contributed by atoms with Gasteiger partial charge in [0.1, 0.15) is 11.5 Å². The van der Waals surface area contributed by atoms with Crippen LogP contribution in [0.1, 0.15) is 17.5 Å². The number of ether oxygens (including phenoxy) is 2. The number of aryl methyl sites for hydroxylation is 1. The number of hydrogen-bond donors (Lipinski definition) is 0. The van der Waals surface area contributed by atoms with Gasteiger partial charge >= 0.3 is 0 Å². The average molecular weight is 356 g/mol. The van der Waals surface area contributed by atoms with Gasteiger partial charge in [0.2, 0.25) is 0 Å². The normalized spacial score (nSPS) is 14.6. The molecule has 1 aliphatic rings. The SMILES string of the molecule is Cc1cc(C#CCCN2CCOCC2)ccc1Oc1cccc(Cl)c1. The number of halogens is 1. The second-order valence-corrected chi connectivity index (χ2v) is 6.48. The van der Waals surface area contributed by atoms with E-state index < -0.39 is 0 Å². The molecule has 0 spiro atoms. The van der Waals surface area contributed by atoms with Crippen molar-refractivity contribution < 1.29 is 9.47 Å². The topological polar surface area (TPSA) is 21.7 Å². The van der Waals surface area contributed by atoms with Crippen LogP contribution in [-0.4, -0.2) is 37.7 Å². The molecule has 1 aliphatic heterocycles. The van der Waals surface area contributed by atoms with E-state index in [1.807, 2.05) is 37.3 Å². The van der Waals surface area contributed by atoms with Crippen molar-refractivity contribution in [3.05, 3.63) is 58.6 Å². The van der Waals surface area contributed by atoms with Crippen molar-refractivity contribution in [1.82, 2.24) is 4.90 Å². The molecule has 0 bridgehead atoms. The van der Waals surface area contributed by atoms with Crippen molar-refractivity contribution in [2.45, 2.75) is 13.3 Å². The third kappa shape index (κ3) is 5.51. The van der Waals surface area contributed by atoms with Gasteiger partial charge in [-0.25, -0.2) is 0 Å². The van der Waals surface area contributed by atoms with Crippen LogP contribution >= 0.6 is 11.6 Å². The van der Waals surface area contributed by atoms with Crippen LogP contribution in [-0.2, 0) is 4.74 Å². The zero-order valence-corrected chi connectivity index (χ0v) is 15.2. The van der Waals surface area contributed by atoms with Crippen molar-refractivity contribution in [3.8, 4) is 23.3 Å². The van der Waals surface area contributed by atoms with Crippen molar-refractivity contribution in [2.24, 2.45) is 0 Å². The number of morpholine rings is 1. The number of nitrogens with zero attached hydrogens (tertiary/aromatic N) is 1. The maximum atomic E-state index is 5.99. The van der Waals surface area contributed by atoms with Gasteiger partial charge in [0.15, 0.2) is 0 Å². The Morgan fingerprint density at radius 3 is 2.76 bits per heavy atom. The van der Waals surface area contributed by atoms with Crippen LogP contribution in [0.2, 0.25) is 5.02 Å². The van der Waals surface area contributed by atoms with E-state index >= 15 is 0 Å². The molecule has 0 radical (unpaired) electrons. The van der Waals surface area contributed by atoms with Gasteiger partial charge in [0.05, 0.1) is 13.2 Å². The van der Waals surface area contributed by atoms with Crippen molar-refractivity contribution >= 4 is 11.6 Å². The Bertz CT molecular complexity index is 773. The first-order valence-electron chi connectivity index (χ1n) is 8.54. The van der Waals surface area contributed by atoms with E-state index in [9.17, 15) is 0 Å².